The van der Waals surface area contributed by atoms with Gasteiger partial charge in [0.1, 0.15) is 0 Å². The molecular formula is C26H25N3O3. The molecule has 162 valence electrons. The largest absolute Gasteiger partial charge is 0.372 e. The van der Waals surface area contributed by atoms with E-state index in [9.17, 15) is 14.7 Å². The molecule has 0 aliphatic heterocycles. The molecule has 3 N–H and O–H groups in total. The zero-order chi connectivity index (χ0) is 22.6. The van der Waals surface area contributed by atoms with Crippen LogP contribution in [0.3, 0.4) is 0 Å². The number of aliphatic hydroxyl groups is 1. The van der Waals surface area contributed by atoms with Gasteiger partial charge < -0.3 is 10.4 Å². The molecule has 6 heteroatoms. The van der Waals surface area contributed by atoms with Gasteiger partial charge in [0.15, 0.2) is 5.60 Å². The summed E-state index contributed by atoms with van der Waals surface area (Å²) >= 11 is 0. The highest BCUT2D eigenvalue weighted by molar-refractivity contribution is 6.01. The fraction of sp³-hybridized carbons (Fsp3) is 0.192. The van der Waals surface area contributed by atoms with E-state index in [1.54, 1.807) is 67.6 Å². The molecule has 0 atom stereocenters. The molecule has 6 nitrogen and oxygen atoms in total. The molecule has 4 rings (SSSR count). The number of nitrogens with one attached hydrogen (secondary N) is 2. The van der Waals surface area contributed by atoms with Gasteiger partial charge in [-0.2, -0.15) is 5.10 Å². The van der Waals surface area contributed by atoms with Gasteiger partial charge >= 0.3 is 0 Å². The molecule has 1 aliphatic rings. The second-order valence-corrected chi connectivity index (χ2v) is 7.92. The van der Waals surface area contributed by atoms with Gasteiger partial charge in [-0.25, -0.2) is 5.43 Å². The average molecular weight is 428 g/mol. The first-order chi connectivity index (χ1) is 15.5. The summed E-state index contributed by atoms with van der Waals surface area (Å²) in [5.41, 5.74) is 3.62. The van der Waals surface area contributed by atoms with E-state index >= 15 is 0 Å². The quantitative estimate of drug-likeness (QED) is 0.396. The number of hydrogen-bond acceptors (Lipinski definition) is 4. The van der Waals surface area contributed by atoms with Crippen LogP contribution in [-0.2, 0) is 15.2 Å². The van der Waals surface area contributed by atoms with Crippen LogP contribution in [-0.4, -0.2) is 22.6 Å². The van der Waals surface area contributed by atoms with E-state index in [0.29, 0.717) is 16.8 Å². The molecule has 0 saturated heterocycles. The van der Waals surface area contributed by atoms with Crippen molar-refractivity contribution in [1.29, 1.82) is 0 Å². The van der Waals surface area contributed by atoms with Crippen LogP contribution in [0.5, 0.6) is 0 Å². The minimum Gasteiger partial charge on any atom is -0.372 e. The van der Waals surface area contributed by atoms with Gasteiger partial charge in [0, 0.05) is 11.6 Å². The normalized spacial score (nSPS) is 14.0. The van der Waals surface area contributed by atoms with Gasteiger partial charge in [-0.05, 0) is 48.6 Å². The van der Waals surface area contributed by atoms with Crippen LogP contribution >= 0.6 is 0 Å². The molecule has 0 bridgehead atoms. The second kappa shape index (κ2) is 9.16. The lowest BCUT2D eigenvalue weighted by Crippen LogP contribution is -2.43. The highest BCUT2D eigenvalue weighted by Gasteiger charge is 2.40. The van der Waals surface area contributed by atoms with Crippen LogP contribution in [0.15, 0.2) is 90.0 Å². The van der Waals surface area contributed by atoms with Crippen LogP contribution in [0, 0.1) is 5.92 Å². The topological polar surface area (TPSA) is 90.8 Å². The summed E-state index contributed by atoms with van der Waals surface area (Å²) in [7, 11) is 0. The van der Waals surface area contributed by atoms with Gasteiger partial charge in [0.05, 0.1) is 5.71 Å². The van der Waals surface area contributed by atoms with Crippen molar-refractivity contribution in [1.82, 2.24) is 5.43 Å². The first kappa shape index (κ1) is 21.5. The van der Waals surface area contributed by atoms with E-state index in [-0.39, 0.29) is 11.8 Å². The van der Waals surface area contributed by atoms with Gasteiger partial charge in [-0.3, -0.25) is 9.59 Å². The van der Waals surface area contributed by atoms with Crippen LogP contribution in [0.2, 0.25) is 0 Å². The smallest absolute Gasteiger partial charge is 0.281 e. The van der Waals surface area contributed by atoms with E-state index in [2.05, 4.69) is 15.8 Å². The Bertz CT molecular complexity index is 1080. The highest BCUT2D eigenvalue weighted by atomic mass is 16.3. The van der Waals surface area contributed by atoms with Crippen molar-refractivity contribution in [2.75, 3.05) is 5.32 Å². The maximum absolute atomic E-state index is 13.1. The Morgan fingerprint density at radius 1 is 0.875 bits per heavy atom. The molecule has 0 spiro atoms. The van der Waals surface area contributed by atoms with Crippen molar-refractivity contribution in [3.8, 4) is 0 Å². The van der Waals surface area contributed by atoms with Crippen LogP contribution < -0.4 is 10.7 Å². The van der Waals surface area contributed by atoms with Crippen molar-refractivity contribution < 1.29 is 14.7 Å². The molecular weight excluding hydrogens is 402 g/mol. The van der Waals surface area contributed by atoms with Crippen molar-refractivity contribution >= 4 is 23.2 Å². The highest BCUT2D eigenvalue weighted by Crippen LogP contribution is 2.31. The van der Waals surface area contributed by atoms with E-state index in [1.807, 2.05) is 24.3 Å². The summed E-state index contributed by atoms with van der Waals surface area (Å²) in [6.45, 7) is 1.77. The third-order valence-electron chi connectivity index (χ3n) is 5.56. The van der Waals surface area contributed by atoms with Crippen molar-refractivity contribution in [3.05, 3.63) is 102 Å². The molecule has 0 aromatic heterocycles. The first-order valence-electron chi connectivity index (χ1n) is 10.6. The SMILES string of the molecule is CC(=NNC(=O)C(O)(c1ccccc1)c1ccccc1)c1ccc(NC(=O)C2CC2)cc1. The van der Waals surface area contributed by atoms with Crippen molar-refractivity contribution in [3.63, 3.8) is 0 Å². The maximum atomic E-state index is 13.1. The van der Waals surface area contributed by atoms with E-state index in [0.717, 1.165) is 24.1 Å². The fourth-order valence-electron chi connectivity index (χ4n) is 3.45. The predicted molar refractivity (Wildman–Crippen MR) is 124 cm³/mol. The number of benzene rings is 3. The molecule has 32 heavy (non-hydrogen) atoms. The molecule has 3 aromatic rings. The van der Waals surface area contributed by atoms with E-state index in [4.69, 9.17) is 0 Å². The molecule has 2 amide bonds. The van der Waals surface area contributed by atoms with Crippen molar-refractivity contribution in [2.45, 2.75) is 25.4 Å². The van der Waals surface area contributed by atoms with E-state index in [1.165, 1.54) is 0 Å². The van der Waals surface area contributed by atoms with Crippen molar-refractivity contribution in [2.24, 2.45) is 11.0 Å². The third-order valence-corrected chi connectivity index (χ3v) is 5.56. The average Bonchev–Trinajstić information content (AvgIpc) is 3.69. The summed E-state index contributed by atoms with van der Waals surface area (Å²) in [5.74, 6) is -0.458. The first-order valence-corrected chi connectivity index (χ1v) is 10.6. The summed E-state index contributed by atoms with van der Waals surface area (Å²) in [6.07, 6.45) is 1.90. The number of amides is 2. The number of anilines is 1. The van der Waals surface area contributed by atoms with E-state index < -0.39 is 11.5 Å². The summed E-state index contributed by atoms with van der Waals surface area (Å²) in [5, 5.41) is 18.6. The third kappa shape index (κ3) is 4.60. The van der Waals surface area contributed by atoms with Gasteiger partial charge in [-0.15, -0.1) is 0 Å². The molecule has 1 saturated carbocycles. The Hall–Kier alpha value is -3.77. The van der Waals surface area contributed by atoms with Crippen LogP contribution in [0.4, 0.5) is 5.69 Å². The standard InChI is InChI=1S/C26H25N3O3/c1-18(19-14-16-23(17-15-19)27-24(30)20-12-13-20)28-29-25(31)26(32,21-8-4-2-5-9-21)22-10-6-3-7-11-22/h2-11,14-17,20,32H,12-13H2,1H3,(H,27,30)(H,29,31). The van der Waals surface area contributed by atoms with Gasteiger partial charge in [0.25, 0.3) is 5.91 Å². The minimum absolute atomic E-state index is 0.0523. The number of hydrazone groups is 1. The van der Waals surface area contributed by atoms with Crippen LogP contribution in [0.1, 0.15) is 36.5 Å². The maximum Gasteiger partial charge on any atom is 0.281 e. The van der Waals surface area contributed by atoms with Gasteiger partial charge in [0.2, 0.25) is 5.91 Å². The fourth-order valence-corrected chi connectivity index (χ4v) is 3.45. The minimum atomic E-state index is -1.89. The summed E-state index contributed by atoms with van der Waals surface area (Å²) < 4.78 is 0. The van der Waals surface area contributed by atoms with Gasteiger partial charge in [-0.1, -0.05) is 72.8 Å². The number of hydrogen-bond donors (Lipinski definition) is 3. The lowest BCUT2D eigenvalue weighted by atomic mass is 9.85. The number of rotatable bonds is 7. The lowest BCUT2D eigenvalue weighted by Gasteiger charge is -2.27. The summed E-state index contributed by atoms with van der Waals surface area (Å²) in [4.78, 5) is 25.0. The Morgan fingerprint density at radius 2 is 1.41 bits per heavy atom. The number of nitrogens with zero attached hydrogens (tertiary/aromatic N) is 1. The summed E-state index contributed by atoms with van der Waals surface area (Å²) in [6, 6.07) is 24.8. The number of carbonyl (C=O) groups is 2. The molecule has 0 radical (unpaired) electrons. The Morgan fingerprint density at radius 3 is 1.91 bits per heavy atom. The molecule has 3 aromatic carbocycles. The zero-order valence-corrected chi connectivity index (χ0v) is 17.8. The molecule has 0 heterocycles. The lowest BCUT2D eigenvalue weighted by molar-refractivity contribution is -0.136. The molecule has 0 unspecified atom stereocenters. The Kier molecular flexibility index (Phi) is 6.14. The van der Waals surface area contributed by atoms with Crippen LogP contribution in [0.25, 0.3) is 0 Å². The number of carbonyl (C=O) groups excluding carboxylic acids is 2. The Labute approximate surface area is 187 Å². The molecule has 1 aliphatic carbocycles. The molecule has 1 fully saturated rings. The Balaban J connectivity index is 1.51. The zero-order valence-electron chi connectivity index (χ0n) is 17.8. The second-order valence-electron chi connectivity index (χ2n) is 7.92. The monoisotopic (exact) mass is 427 g/mol. The predicted octanol–water partition coefficient (Wildman–Crippen LogP) is 3.81.